The fourth-order valence-electron chi connectivity index (χ4n) is 7.35. The van der Waals surface area contributed by atoms with E-state index in [1.165, 1.54) is 10.8 Å². The minimum Gasteiger partial charge on any atom is -0.309 e. The summed E-state index contributed by atoms with van der Waals surface area (Å²) in [5.74, 6) is 0. The first-order valence-electron chi connectivity index (χ1n) is 15.9. The first kappa shape index (κ1) is 27.4. The summed E-state index contributed by atoms with van der Waals surface area (Å²) in [5.41, 5.74) is 11.5. The van der Waals surface area contributed by atoms with Gasteiger partial charge in [0, 0.05) is 38.4 Å². The van der Waals surface area contributed by atoms with Crippen molar-refractivity contribution in [3.63, 3.8) is 0 Å². The van der Waals surface area contributed by atoms with Gasteiger partial charge in [-0.1, -0.05) is 97.1 Å². The van der Waals surface area contributed by atoms with Gasteiger partial charge in [-0.15, -0.1) is 0 Å². The SMILES string of the molecule is N#Cc1ccc(-n2c3ccccc3c3c(C#N)cccc32)cc1-c1cccc(-c2ccccc2-n2c3ccccc3c3ccccc32)c1. The summed E-state index contributed by atoms with van der Waals surface area (Å²) >= 11 is 0. The molecule has 0 atom stereocenters. The number of benzene rings is 7. The van der Waals surface area contributed by atoms with Crippen molar-refractivity contribution >= 4 is 43.6 Å². The number of aromatic nitrogens is 2. The molecule has 0 fully saturated rings. The molecular weight excluding hydrogens is 585 g/mol. The van der Waals surface area contributed by atoms with Crippen molar-refractivity contribution in [2.24, 2.45) is 0 Å². The van der Waals surface area contributed by atoms with Gasteiger partial charge in [0.15, 0.2) is 0 Å². The highest BCUT2D eigenvalue weighted by atomic mass is 15.0. The zero-order valence-corrected chi connectivity index (χ0v) is 25.8. The predicted octanol–water partition coefficient (Wildman–Crippen LogP) is 11.0. The first-order chi connectivity index (χ1) is 23.7. The fraction of sp³-hybridized carbons (Fsp3) is 0. The van der Waals surface area contributed by atoms with Crippen LogP contribution in [-0.2, 0) is 0 Å². The van der Waals surface area contributed by atoms with Gasteiger partial charge in [-0.25, -0.2) is 0 Å². The van der Waals surface area contributed by atoms with Gasteiger partial charge in [0.05, 0.1) is 51.0 Å². The number of nitrogens with zero attached hydrogens (tertiary/aromatic N) is 4. The summed E-state index contributed by atoms with van der Waals surface area (Å²) < 4.78 is 4.54. The lowest BCUT2D eigenvalue weighted by Crippen LogP contribution is -1.98. The van der Waals surface area contributed by atoms with E-state index < -0.39 is 0 Å². The Balaban J connectivity index is 1.24. The zero-order valence-electron chi connectivity index (χ0n) is 25.8. The summed E-state index contributed by atoms with van der Waals surface area (Å²) in [6.07, 6.45) is 0. The Labute approximate surface area is 277 Å². The molecule has 48 heavy (non-hydrogen) atoms. The lowest BCUT2D eigenvalue weighted by atomic mass is 9.95. The van der Waals surface area contributed by atoms with E-state index in [1.807, 2.05) is 36.4 Å². The Morgan fingerprint density at radius 2 is 0.958 bits per heavy atom. The molecule has 0 amide bonds. The van der Waals surface area contributed by atoms with Crippen molar-refractivity contribution in [1.29, 1.82) is 10.5 Å². The molecule has 0 saturated carbocycles. The maximum Gasteiger partial charge on any atom is 0.0998 e. The monoisotopic (exact) mass is 610 g/mol. The smallest absolute Gasteiger partial charge is 0.0998 e. The number of nitriles is 2. The third-order valence-corrected chi connectivity index (χ3v) is 9.41. The fourth-order valence-corrected chi connectivity index (χ4v) is 7.35. The van der Waals surface area contributed by atoms with Crippen LogP contribution in [0.1, 0.15) is 11.1 Å². The topological polar surface area (TPSA) is 57.4 Å². The van der Waals surface area contributed by atoms with E-state index in [4.69, 9.17) is 0 Å². The summed E-state index contributed by atoms with van der Waals surface area (Å²) in [4.78, 5) is 0. The Hall–Kier alpha value is -6.88. The molecule has 9 aromatic rings. The lowest BCUT2D eigenvalue weighted by Gasteiger charge is -2.16. The second-order valence-corrected chi connectivity index (χ2v) is 12.0. The highest BCUT2D eigenvalue weighted by Gasteiger charge is 2.18. The van der Waals surface area contributed by atoms with Crippen molar-refractivity contribution in [3.05, 3.63) is 169 Å². The van der Waals surface area contributed by atoms with E-state index in [2.05, 4.69) is 143 Å². The minimum atomic E-state index is 0.602. The molecule has 0 aliphatic rings. The first-order valence-corrected chi connectivity index (χ1v) is 15.9. The summed E-state index contributed by atoms with van der Waals surface area (Å²) in [5, 5.41) is 24.6. The average Bonchev–Trinajstić information content (AvgIpc) is 3.68. The van der Waals surface area contributed by atoms with Crippen LogP contribution in [0.4, 0.5) is 0 Å². The molecule has 4 heteroatoms. The van der Waals surface area contributed by atoms with Gasteiger partial charge in [0.1, 0.15) is 0 Å². The molecule has 0 radical (unpaired) electrons. The van der Waals surface area contributed by atoms with Gasteiger partial charge in [0.2, 0.25) is 0 Å². The van der Waals surface area contributed by atoms with Crippen molar-refractivity contribution in [3.8, 4) is 45.8 Å². The van der Waals surface area contributed by atoms with E-state index in [0.717, 1.165) is 66.5 Å². The standard InChI is InChI=1S/C44H26N4/c45-27-31-23-24-33(47-42-21-8-4-17-37(42)44-32(28-46)13-10-22-43(44)47)26-38(31)30-12-9-11-29(25-30)34-14-1-5-18-39(34)48-40-19-6-2-15-35(40)36-16-3-7-20-41(36)48/h1-26H. The summed E-state index contributed by atoms with van der Waals surface area (Å²) in [6, 6.07) is 59.0. The van der Waals surface area contributed by atoms with Gasteiger partial charge >= 0.3 is 0 Å². The molecule has 2 heterocycles. The predicted molar refractivity (Wildman–Crippen MR) is 195 cm³/mol. The van der Waals surface area contributed by atoms with Crippen LogP contribution in [0.5, 0.6) is 0 Å². The quantitative estimate of drug-likeness (QED) is 0.199. The number of rotatable bonds is 4. The third kappa shape index (κ3) is 4.07. The maximum absolute atomic E-state index is 10.3. The number of fused-ring (bicyclic) bond motifs is 6. The van der Waals surface area contributed by atoms with E-state index >= 15 is 0 Å². The molecule has 0 saturated heterocycles. The molecule has 7 aromatic carbocycles. The second-order valence-electron chi connectivity index (χ2n) is 12.0. The number of para-hydroxylation sites is 4. The Bertz CT molecular complexity index is 2760. The lowest BCUT2D eigenvalue weighted by molar-refractivity contribution is 1.18. The summed E-state index contributed by atoms with van der Waals surface area (Å²) in [6.45, 7) is 0. The highest BCUT2D eigenvalue weighted by molar-refractivity contribution is 6.12. The molecule has 0 unspecified atom stereocenters. The van der Waals surface area contributed by atoms with Gasteiger partial charge in [-0.2, -0.15) is 10.5 Å². The van der Waals surface area contributed by atoms with E-state index in [9.17, 15) is 10.5 Å². The molecule has 0 bridgehead atoms. The van der Waals surface area contributed by atoms with Crippen LogP contribution in [0.25, 0.3) is 77.2 Å². The maximum atomic E-state index is 10.3. The van der Waals surface area contributed by atoms with Crippen molar-refractivity contribution in [1.82, 2.24) is 9.13 Å². The molecule has 222 valence electrons. The largest absolute Gasteiger partial charge is 0.309 e. The molecule has 9 rings (SSSR count). The van der Waals surface area contributed by atoms with Gasteiger partial charge in [-0.05, 0) is 71.8 Å². The number of hydrogen-bond donors (Lipinski definition) is 0. The van der Waals surface area contributed by atoms with Crippen molar-refractivity contribution in [2.45, 2.75) is 0 Å². The molecule has 4 nitrogen and oxygen atoms in total. The third-order valence-electron chi connectivity index (χ3n) is 9.41. The Morgan fingerprint density at radius 1 is 0.396 bits per heavy atom. The Morgan fingerprint density at radius 3 is 1.67 bits per heavy atom. The van der Waals surface area contributed by atoms with Crippen LogP contribution in [0.2, 0.25) is 0 Å². The van der Waals surface area contributed by atoms with Crippen molar-refractivity contribution in [2.75, 3.05) is 0 Å². The minimum absolute atomic E-state index is 0.602. The van der Waals surface area contributed by atoms with Gasteiger partial charge in [0.25, 0.3) is 0 Å². The van der Waals surface area contributed by atoms with E-state index in [1.54, 1.807) is 0 Å². The molecule has 0 spiro atoms. The van der Waals surface area contributed by atoms with E-state index in [0.29, 0.717) is 11.1 Å². The second kappa shape index (κ2) is 10.9. The Kier molecular flexibility index (Phi) is 6.22. The molecule has 0 aliphatic carbocycles. The van der Waals surface area contributed by atoms with Crippen molar-refractivity contribution < 1.29 is 0 Å². The molecule has 0 N–H and O–H groups in total. The zero-order chi connectivity index (χ0) is 32.2. The van der Waals surface area contributed by atoms with Crippen LogP contribution in [0, 0.1) is 22.7 Å². The average molecular weight is 611 g/mol. The van der Waals surface area contributed by atoms with Gasteiger partial charge in [-0.3, -0.25) is 0 Å². The van der Waals surface area contributed by atoms with Crippen LogP contribution in [-0.4, -0.2) is 9.13 Å². The summed E-state index contributed by atoms with van der Waals surface area (Å²) in [7, 11) is 0. The van der Waals surface area contributed by atoms with Crippen LogP contribution in [0.3, 0.4) is 0 Å². The highest BCUT2D eigenvalue weighted by Crippen LogP contribution is 2.39. The molecule has 2 aromatic heterocycles. The van der Waals surface area contributed by atoms with Crippen LogP contribution in [0.15, 0.2) is 158 Å². The van der Waals surface area contributed by atoms with Crippen LogP contribution >= 0.6 is 0 Å². The normalized spacial score (nSPS) is 11.3. The van der Waals surface area contributed by atoms with Gasteiger partial charge < -0.3 is 9.13 Å². The van der Waals surface area contributed by atoms with Crippen LogP contribution < -0.4 is 0 Å². The van der Waals surface area contributed by atoms with E-state index in [-0.39, 0.29) is 0 Å². The number of hydrogen-bond acceptors (Lipinski definition) is 2. The molecular formula is C44H26N4. The molecule has 0 aliphatic heterocycles.